The molecule has 1 aliphatic carbocycles. The Morgan fingerprint density at radius 3 is 2.56 bits per heavy atom. The van der Waals surface area contributed by atoms with Gasteiger partial charge in [0.1, 0.15) is 17.5 Å². The Balaban J connectivity index is 1.54. The van der Waals surface area contributed by atoms with Gasteiger partial charge in [0.05, 0.1) is 28.7 Å². The lowest BCUT2D eigenvalue weighted by Gasteiger charge is -2.19. The SMILES string of the molecule is O=C1N(Cc2nc3cc(Br)ccc3n2CCCC(F)(F)F)c2cc(F)cc(F)c2C12CC2. The molecule has 1 amide bonds. The first-order chi connectivity index (χ1) is 15.1. The number of hydrogen-bond acceptors (Lipinski definition) is 2. The molecule has 3 aromatic rings. The maximum atomic E-state index is 14.6. The first-order valence-electron chi connectivity index (χ1n) is 10.1. The fourth-order valence-corrected chi connectivity index (χ4v) is 4.92. The Labute approximate surface area is 188 Å². The molecule has 1 saturated carbocycles. The van der Waals surface area contributed by atoms with Gasteiger partial charge in [-0.15, -0.1) is 0 Å². The van der Waals surface area contributed by atoms with Crippen molar-refractivity contribution >= 4 is 38.6 Å². The summed E-state index contributed by atoms with van der Waals surface area (Å²) in [6, 6.07) is 7.15. The average molecular weight is 514 g/mol. The van der Waals surface area contributed by atoms with Gasteiger partial charge in [-0.25, -0.2) is 13.8 Å². The summed E-state index contributed by atoms with van der Waals surface area (Å²) in [6.07, 6.45) is -4.43. The van der Waals surface area contributed by atoms with Crippen LogP contribution in [0.1, 0.15) is 37.1 Å². The van der Waals surface area contributed by atoms with E-state index in [1.54, 1.807) is 22.8 Å². The number of aromatic nitrogens is 2. The minimum absolute atomic E-state index is 0.0461. The van der Waals surface area contributed by atoms with Crippen LogP contribution in [0.15, 0.2) is 34.8 Å². The van der Waals surface area contributed by atoms with Crippen molar-refractivity contribution in [1.82, 2.24) is 9.55 Å². The van der Waals surface area contributed by atoms with Gasteiger partial charge in [0.25, 0.3) is 0 Å². The zero-order valence-corrected chi connectivity index (χ0v) is 18.2. The van der Waals surface area contributed by atoms with Crippen LogP contribution in [0.4, 0.5) is 27.6 Å². The second kappa shape index (κ2) is 7.26. The summed E-state index contributed by atoms with van der Waals surface area (Å²) < 4.78 is 69.1. The van der Waals surface area contributed by atoms with Gasteiger partial charge in [-0.3, -0.25) is 4.79 Å². The minimum Gasteiger partial charge on any atom is -0.326 e. The number of nitrogens with zero attached hydrogens (tertiary/aromatic N) is 3. The van der Waals surface area contributed by atoms with E-state index in [0.29, 0.717) is 29.7 Å². The van der Waals surface area contributed by atoms with Gasteiger partial charge in [-0.1, -0.05) is 15.9 Å². The van der Waals surface area contributed by atoms with Gasteiger partial charge in [0, 0.05) is 29.1 Å². The Bertz CT molecular complexity index is 1250. The molecule has 0 unspecified atom stereocenters. The third-order valence-corrected chi connectivity index (χ3v) is 6.63. The molecule has 0 N–H and O–H groups in total. The highest BCUT2D eigenvalue weighted by Gasteiger charge is 2.60. The second-order valence-corrected chi connectivity index (χ2v) is 9.20. The number of carbonyl (C=O) groups is 1. The molecule has 2 aliphatic rings. The Hall–Kier alpha value is -2.49. The summed E-state index contributed by atoms with van der Waals surface area (Å²) in [4.78, 5) is 19.0. The van der Waals surface area contributed by atoms with Crippen LogP contribution >= 0.6 is 15.9 Å². The molecule has 32 heavy (non-hydrogen) atoms. The van der Waals surface area contributed by atoms with E-state index in [-0.39, 0.29) is 36.7 Å². The lowest BCUT2D eigenvalue weighted by molar-refractivity contribution is -0.135. The monoisotopic (exact) mass is 513 g/mol. The standard InChI is InChI=1S/C22H17BrF5N3O/c23-12-2-3-16-15(8-12)29-18(30(16)7-1-4-22(26,27)28)11-31-17-10-13(24)9-14(25)19(17)21(5-6-21)20(31)32/h2-3,8-10H,1,4-7,11H2. The van der Waals surface area contributed by atoms with Crippen LogP contribution in [0.25, 0.3) is 11.0 Å². The van der Waals surface area contributed by atoms with E-state index in [2.05, 4.69) is 20.9 Å². The van der Waals surface area contributed by atoms with Gasteiger partial charge in [-0.05, 0) is 43.5 Å². The van der Waals surface area contributed by atoms with E-state index >= 15 is 0 Å². The van der Waals surface area contributed by atoms with Crippen molar-refractivity contribution in [1.29, 1.82) is 0 Å². The zero-order chi connectivity index (χ0) is 22.8. The average Bonchev–Trinajstić information content (AvgIpc) is 3.36. The summed E-state index contributed by atoms with van der Waals surface area (Å²) in [5, 5.41) is 0. The summed E-state index contributed by atoms with van der Waals surface area (Å²) in [5.74, 6) is -1.51. The van der Waals surface area contributed by atoms with Crippen LogP contribution in [-0.2, 0) is 23.3 Å². The molecule has 0 bridgehead atoms. The van der Waals surface area contributed by atoms with Crippen molar-refractivity contribution in [3.8, 4) is 0 Å². The molecule has 10 heteroatoms. The summed E-state index contributed by atoms with van der Waals surface area (Å²) in [6.45, 7) is -0.0423. The molecular formula is C22H17BrF5N3O. The van der Waals surface area contributed by atoms with Gasteiger partial charge in [-0.2, -0.15) is 13.2 Å². The number of amides is 1. The quantitative estimate of drug-likeness (QED) is 0.392. The van der Waals surface area contributed by atoms with Crippen LogP contribution in [0, 0.1) is 11.6 Å². The Morgan fingerprint density at radius 2 is 1.88 bits per heavy atom. The number of fused-ring (bicyclic) bond motifs is 3. The first kappa shape index (κ1) is 21.4. The molecule has 1 spiro atoms. The summed E-state index contributed by atoms with van der Waals surface area (Å²) >= 11 is 3.36. The molecule has 0 radical (unpaired) electrons. The molecule has 1 fully saturated rings. The zero-order valence-electron chi connectivity index (χ0n) is 16.6. The van der Waals surface area contributed by atoms with E-state index in [1.165, 1.54) is 4.90 Å². The van der Waals surface area contributed by atoms with Crippen LogP contribution in [0.3, 0.4) is 0 Å². The third kappa shape index (κ3) is 3.48. The molecule has 2 heterocycles. The van der Waals surface area contributed by atoms with Crippen molar-refractivity contribution in [3.63, 3.8) is 0 Å². The molecule has 0 atom stereocenters. The predicted octanol–water partition coefficient (Wildman–Crippen LogP) is 6.00. The smallest absolute Gasteiger partial charge is 0.326 e. The van der Waals surface area contributed by atoms with Gasteiger partial charge in [0.15, 0.2) is 0 Å². The van der Waals surface area contributed by atoms with Crippen LogP contribution in [0.5, 0.6) is 0 Å². The molecule has 5 rings (SSSR count). The van der Waals surface area contributed by atoms with E-state index in [1.807, 2.05) is 0 Å². The van der Waals surface area contributed by atoms with Crippen molar-refractivity contribution in [2.75, 3.05) is 4.90 Å². The maximum absolute atomic E-state index is 14.6. The number of hydrogen-bond donors (Lipinski definition) is 0. The highest BCUT2D eigenvalue weighted by atomic mass is 79.9. The van der Waals surface area contributed by atoms with Gasteiger partial charge < -0.3 is 9.47 Å². The number of carbonyl (C=O) groups excluding carboxylic acids is 1. The fraction of sp³-hybridized carbons (Fsp3) is 0.364. The van der Waals surface area contributed by atoms with Crippen molar-refractivity contribution in [3.05, 3.63) is 57.8 Å². The minimum atomic E-state index is -4.28. The normalized spacial score (nSPS) is 16.9. The fourth-order valence-electron chi connectivity index (χ4n) is 4.57. The predicted molar refractivity (Wildman–Crippen MR) is 111 cm³/mol. The van der Waals surface area contributed by atoms with E-state index in [0.717, 1.165) is 16.6 Å². The van der Waals surface area contributed by atoms with Crippen LogP contribution in [-0.4, -0.2) is 21.6 Å². The molecule has 0 saturated heterocycles. The van der Waals surface area contributed by atoms with Gasteiger partial charge in [0.2, 0.25) is 5.91 Å². The molecule has 2 aromatic carbocycles. The largest absolute Gasteiger partial charge is 0.389 e. The van der Waals surface area contributed by atoms with Crippen LogP contribution in [0.2, 0.25) is 0 Å². The number of anilines is 1. The van der Waals surface area contributed by atoms with E-state index in [9.17, 15) is 26.7 Å². The Kier molecular flexibility index (Phi) is 4.85. The molecule has 168 valence electrons. The molecular weight excluding hydrogens is 497 g/mol. The summed E-state index contributed by atoms with van der Waals surface area (Å²) in [7, 11) is 0. The molecule has 4 nitrogen and oxygen atoms in total. The highest BCUT2D eigenvalue weighted by molar-refractivity contribution is 9.10. The van der Waals surface area contributed by atoms with Crippen LogP contribution < -0.4 is 4.90 Å². The Morgan fingerprint density at radius 1 is 1.12 bits per heavy atom. The number of benzene rings is 2. The number of alkyl halides is 3. The topological polar surface area (TPSA) is 38.1 Å². The lowest BCUT2D eigenvalue weighted by atomic mass is 9.97. The highest BCUT2D eigenvalue weighted by Crippen LogP contribution is 2.58. The first-order valence-corrected chi connectivity index (χ1v) is 10.9. The number of aryl methyl sites for hydroxylation is 1. The van der Waals surface area contributed by atoms with Crippen molar-refractivity contribution in [2.45, 2.75) is 50.4 Å². The van der Waals surface area contributed by atoms with E-state index in [4.69, 9.17) is 0 Å². The number of rotatable bonds is 5. The lowest BCUT2D eigenvalue weighted by Crippen LogP contribution is -2.32. The van der Waals surface area contributed by atoms with Crippen molar-refractivity contribution in [2.24, 2.45) is 0 Å². The molecule has 1 aromatic heterocycles. The van der Waals surface area contributed by atoms with Gasteiger partial charge >= 0.3 is 6.18 Å². The van der Waals surface area contributed by atoms with E-state index < -0.39 is 29.6 Å². The van der Waals surface area contributed by atoms with Crippen molar-refractivity contribution < 1.29 is 26.7 Å². The third-order valence-electron chi connectivity index (χ3n) is 6.14. The number of imidazole rings is 1. The maximum Gasteiger partial charge on any atom is 0.389 e. The molecule has 1 aliphatic heterocycles. The second-order valence-electron chi connectivity index (χ2n) is 8.29. The summed E-state index contributed by atoms with van der Waals surface area (Å²) in [5.41, 5.74) is 0.582. The number of halogens is 6.